The molecule has 0 fully saturated rings. The Labute approximate surface area is 129 Å². The molecule has 4 radical (unpaired) electrons. The maximum absolute atomic E-state index is 8.74. The van der Waals surface area contributed by atoms with Gasteiger partial charge in [-0.15, -0.1) is 0 Å². The van der Waals surface area contributed by atoms with Gasteiger partial charge in [-0.1, -0.05) is 0 Å². The first-order valence-corrected chi connectivity index (χ1v) is 4.19. The summed E-state index contributed by atoms with van der Waals surface area (Å²) >= 11 is 0. The molecule has 0 aromatic carbocycles. The molecule has 0 aliphatic heterocycles. The Balaban J connectivity index is -0.0000000457. The molecule has 8 nitrogen and oxygen atoms in total. The molecule has 0 aromatic rings. The molecule has 0 unspecified atom stereocenters. The van der Waals surface area contributed by atoms with Crippen LogP contribution in [0.4, 0.5) is 0 Å². The van der Waals surface area contributed by atoms with Gasteiger partial charge in [0.1, 0.15) is 0 Å². The van der Waals surface area contributed by atoms with E-state index in [0.29, 0.717) is 0 Å². The molecular weight excluding hydrogens is 305 g/mol. The second-order valence-electron chi connectivity index (χ2n) is 0.896. The van der Waals surface area contributed by atoms with Crippen molar-refractivity contribution in [2.24, 2.45) is 0 Å². The molecule has 12 heavy (non-hydrogen) atoms. The molecule has 0 heterocycles. The minimum Gasteiger partial charge on any atom is -0.264 e. The van der Waals surface area contributed by atoms with Crippen molar-refractivity contribution in [1.29, 1.82) is 0 Å². The maximum atomic E-state index is 8.74. The van der Waals surface area contributed by atoms with Crippen molar-refractivity contribution in [2.75, 3.05) is 0 Å². The van der Waals surface area contributed by atoms with E-state index in [1.54, 1.807) is 0 Å². The van der Waals surface area contributed by atoms with E-state index in [1.807, 2.05) is 0 Å². The monoisotopic (exact) mass is 308 g/mol. The van der Waals surface area contributed by atoms with E-state index >= 15 is 0 Å². The van der Waals surface area contributed by atoms with Gasteiger partial charge in [0.15, 0.2) is 0 Å². The van der Waals surface area contributed by atoms with Crippen LogP contribution in [-0.4, -0.2) is 111 Å². The van der Waals surface area contributed by atoms with Crippen LogP contribution < -0.4 is 0 Å². The van der Waals surface area contributed by atoms with Gasteiger partial charge in [0, 0.05) is 75.5 Å². The molecule has 0 saturated heterocycles. The average molecular weight is 309 g/mol. The summed E-state index contributed by atoms with van der Waals surface area (Å²) in [6.07, 6.45) is 0. The molecule has 0 aromatic heterocycles. The number of hydrogen-bond donors (Lipinski definition) is 4. The molecule has 12 heteroatoms. The first kappa shape index (κ1) is 23.7. The van der Waals surface area contributed by atoms with Crippen molar-refractivity contribution in [3.8, 4) is 0 Å². The van der Waals surface area contributed by atoms with Crippen molar-refractivity contribution in [2.45, 2.75) is 0 Å². The molecule has 4 N–H and O–H groups in total. The summed E-state index contributed by atoms with van der Waals surface area (Å²) in [6.45, 7) is 0. The van der Waals surface area contributed by atoms with E-state index in [9.17, 15) is 0 Å². The van der Waals surface area contributed by atoms with Gasteiger partial charge < -0.3 is 0 Å². The minimum absolute atomic E-state index is 0. The van der Waals surface area contributed by atoms with Crippen LogP contribution in [0.15, 0.2) is 0 Å². The van der Waals surface area contributed by atoms with E-state index < -0.39 is 20.8 Å². The van der Waals surface area contributed by atoms with Gasteiger partial charge in [-0.25, -0.2) is 0 Å². The van der Waals surface area contributed by atoms with Gasteiger partial charge in [-0.05, 0) is 0 Å². The summed E-state index contributed by atoms with van der Waals surface area (Å²) in [5.74, 6) is 0. The van der Waals surface area contributed by atoms with Crippen molar-refractivity contribution in [1.82, 2.24) is 0 Å². The number of hydrogen-bond acceptors (Lipinski definition) is 4. The first-order chi connectivity index (χ1) is 4.00. The SMILES string of the molecule is O=S(=O)(O)O.O=S(=O)(O)O.[Al].[Rb]. The van der Waals surface area contributed by atoms with E-state index in [-0.39, 0.29) is 75.5 Å². The molecule has 0 bridgehead atoms. The molecule has 0 amide bonds. The molecular formula is H4AlO8RbS2. The standard InChI is InChI=1S/Al.2H2O4S.Rb/c;2*1-5(2,3)4;/h;2*(H2,1,2,3,4);. The quantitative estimate of drug-likeness (QED) is 0.294. The molecule has 68 valence electrons. The van der Waals surface area contributed by atoms with Crippen LogP contribution in [0.1, 0.15) is 0 Å². The fourth-order valence-corrected chi connectivity index (χ4v) is 0. The van der Waals surface area contributed by atoms with E-state index in [0.717, 1.165) is 0 Å². The van der Waals surface area contributed by atoms with E-state index in [4.69, 9.17) is 35.0 Å². The Morgan fingerprint density at radius 3 is 0.667 bits per heavy atom. The maximum Gasteiger partial charge on any atom is 0.394 e. The predicted molar refractivity (Wildman–Crippen MR) is 39.9 cm³/mol. The van der Waals surface area contributed by atoms with Gasteiger partial charge in [-0.3, -0.25) is 18.2 Å². The summed E-state index contributed by atoms with van der Waals surface area (Å²) in [5, 5.41) is 0. The van der Waals surface area contributed by atoms with Crippen LogP contribution in [0, 0.1) is 0 Å². The summed E-state index contributed by atoms with van der Waals surface area (Å²) in [4.78, 5) is 0. The van der Waals surface area contributed by atoms with E-state index in [2.05, 4.69) is 0 Å². The first-order valence-electron chi connectivity index (χ1n) is 1.40. The van der Waals surface area contributed by atoms with Crippen molar-refractivity contribution < 1.29 is 35.0 Å². The Morgan fingerprint density at radius 2 is 0.667 bits per heavy atom. The summed E-state index contributed by atoms with van der Waals surface area (Å²) in [5.41, 5.74) is 0. The fraction of sp³-hybridized carbons (Fsp3) is 0. The molecule has 0 atom stereocenters. The third kappa shape index (κ3) is 343. The normalized spacial score (nSPS) is 9.67. The zero-order valence-corrected chi connectivity index (χ0v) is 13.5. The van der Waals surface area contributed by atoms with Gasteiger partial charge in [-0.2, -0.15) is 16.8 Å². The molecule has 0 rings (SSSR count). The zero-order chi connectivity index (χ0) is 9.00. The van der Waals surface area contributed by atoms with Crippen LogP contribution in [0.3, 0.4) is 0 Å². The molecule has 0 aliphatic carbocycles. The average Bonchev–Trinajstić information content (AvgIpc) is 1.12. The zero-order valence-electron chi connectivity index (χ0n) is 5.82. The molecule has 0 aliphatic rings. The molecule has 0 spiro atoms. The Morgan fingerprint density at radius 1 is 0.667 bits per heavy atom. The van der Waals surface area contributed by atoms with Crippen molar-refractivity contribution >= 4 is 96.3 Å². The second-order valence-corrected chi connectivity index (χ2v) is 2.69. The third-order valence-electron chi connectivity index (χ3n) is 0. The Hall–Kier alpha value is 2.08. The van der Waals surface area contributed by atoms with Gasteiger partial charge >= 0.3 is 20.8 Å². The summed E-state index contributed by atoms with van der Waals surface area (Å²) in [6, 6.07) is 0. The van der Waals surface area contributed by atoms with Gasteiger partial charge in [0.2, 0.25) is 0 Å². The van der Waals surface area contributed by atoms with Gasteiger partial charge in [0.25, 0.3) is 0 Å². The third-order valence-corrected chi connectivity index (χ3v) is 0. The fourth-order valence-electron chi connectivity index (χ4n) is 0. The topological polar surface area (TPSA) is 149 Å². The van der Waals surface area contributed by atoms with Crippen LogP contribution in [-0.2, 0) is 20.8 Å². The Kier molecular flexibility index (Phi) is 19.0. The van der Waals surface area contributed by atoms with Crippen LogP contribution in [0.2, 0.25) is 0 Å². The van der Waals surface area contributed by atoms with Crippen molar-refractivity contribution in [3.05, 3.63) is 0 Å². The van der Waals surface area contributed by atoms with Crippen LogP contribution in [0.25, 0.3) is 0 Å². The predicted octanol–water partition coefficient (Wildman–Crippen LogP) is -2.07. The second kappa shape index (κ2) is 9.63. The summed E-state index contributed by atoms with van der Waals surface area (Å²) in [7, 11) is -9.33. The largest absolute Gasteiger partial charge is 0.394 e. The van der Waals surface area contributed by atoms with Gasteiger partial charge in [0.05, 0.1) is 0 Å². The smallest absolute Gasteiger partial charge is 0.264 e. The van der Waals surface area contributed by atoms with Crippen molar-refractivity contribution in [3.63, 3.8) is 0 Å². The minimum atomic E-state index is -4.67. The Bertz CT molecular complexity index is 213. The van der Waals surface area contributed by atoms with E-state index in [1.165, 1.54) is 0 Å². The molecule has 0 saturated carbocycles. The number of rotatable bonds is 0. The summed E-state index contributed by atoms with van der Waals surface area (Å²) < 4.78 is 63.2. The van der Waals surface area contributed by atoms with Crippen LogP contribution in [0.5, 0.6) is 0 Å². The van der Waals surface area contributed by atoms with Crippen LogP contribution >= 0.6 is 0 Å².